The number of hydrogen-bond acceptors (Lipinski definition) is 6. The summed E-state index contributed by atoms with van der Waals surface area (Å²) in [5.41, 5.74) is 4.38. The summed E-state index contributed by atoms with van der Waals surface area (Å²) in [6, 6.07) is 0.697. The lowest BCUT2D eigenvalue weighted by Gasteiger charge is -2.42. The second-order valence-corrected chi connectivity index (χ2v) is 12.9. The number of nitrogens with zero attached hydrogens (tertiary/aromatic N) is 7. The number of halogens is 2. The van der Waals surface area contributed by atoms with Gasteiger partial charge in [-0.05, 0) is 43.8 Å². The molecule has 5 aliphatic rings. The average Bonchev–Trinajstić information content (AvgIpc) is 3.59. The summed E-state index contributed by atoms with van der Waals surface area (Å²) in [6.45, 7) is 7.38. The van der Waals surface area contributed by atoms with Crippen LogP contribution in [-0.2, 0) is 30.2 Å². The number of aryl methyl sites for hydroxylation is 1. The van der Waals surface area contributed by atoms with Crippen LogP contribution in [0.3, 0.4) is 0 Å². The van der Waals surface area contributed by atoms with E-state index in [-0.39, 0.29) is 17.6 Å². The molecule has 2 fully saturated rings. The van der Waals surface area contributed by atoms with Gasteiger partial charge in [0, 0.05) is 86.4 Å². The zero-order valence-electron chi connectivity index (χ0n) is 25.4. The highest BCUT2D eigenvalue weighted by atomic mass is 19.3. The minimum Gasteiger partial charge on any atom is -0.378 e. The molecule has 0 bridgehead atoms. The number of carbonyl (C=O) groups is 1. The van der Waals surface area contributed by atoms with Gasteiger partial charge in [0.1, 0.15) is 0 Å². The van der Waals surface area contributed by atoms with Crippen molar-refractivity contribution < 1.29 is 18.3 Å². The SMILES string of the molecule is CNC(=O)N1CCc2c(c(N3CCCC4=C3C=C(C(F)F)C(C)(c3cnn(C)c3)C4)nn2C2CCN(C3COC3)CC2)C1. The summed E-state index contributed by atoms with van der Waals surface area (Å²) in [5.74, 6) is 0.820. The number of amides is 2. The first-order valence-corrected chi connectivity index (χ1v) is 15.6. The van der Waals surface area contributed by atoms with E-state index < -0.39 is 11.8 Å². The standard InChI is InChI=1S/C31H42F2N8O2/c1-31(21-15-35-37(3)16-21)14-20-5-4-9-40(27(20)13-25(31)28(32)33)29-24-17-39(30(42)34-2)12-8-26(24)41(36-29)22-6-10-38(11-7-22)23-18-43-19-23/h13,15-16,22-23,28H,4-12,14,17-19H2,1-3H3,(H,34,42). The van der Waals surface area contributed by atoms with Crippen LogP contribution in [0.2, 0.25) is 0 Å². The summed E-state index contributed by atoms with van der Waals surface area (Å²) in [5, 5.41) is 12.4. The fraction of sp³-hybridized carbons (Fsp3) is 0.645. The Morgan fingerprint density at radius 3 is 2.58 bits per heavy atom. The smallest absolute Gasteiger partial charge is 0.317 e. The van der Waals surface area contributed by atoms with Crippen molar-refractivity contribution in [2.45, 2.75) is 75.9 Å². The molecule has 0 saturated carbocycles. The molecule has 10 nitrogen and oxygen atoms in total. The van der Waals surface area contributed by atoms with Crippen molar-refractivity contribution in [3.63, 3.8) is 0 Å². The summed E-state index contributed by atoms with van der Waals surface area (Å²) >= 11 is 0. The van der Waals surface area contributed by atoms with Crippen LogP contribution < -0.4 is 10.2 Å². The molecule has 4 aliphatic heterocycles. The van der Waals surface area contributed by atoms with Crippen LogP contribution >= 0.6 is 0 Å². The molecule has 2 saturated heterocycles. The van der Waals surface area contributed by atoms with Crippen molar-refractivity contribution in [1.29, 1.82) is 0 Å². The molecule has 12 heteroatoms. The van der Waals surface area contributed by atoms with E-state index in [0.717, 1.165) is 81.0 Å². The Morgan fingerprint density at radius 2 is 1.93 bits per heavy atom. The van der Waals surface area contributed by atoms with Gasteiger partial charge in [-0.3, -0.25) is 14.3 Å². The van der Waals surface area contributed by atoms with Gasteiger partial charge in [-0.15, -0.1) is 0 Å². The van der Waals surface area contributed by atoms with Gasteiger partial charge in [0.25, 0.3) is 6.43 Å². The normalized spacial score (nSPS) is 25.5. The lowest BCUT2D eigenvalue weighted by atomic mass is 9.68. The Balaban J connectivity index is 1.26. The molecular weight excluding hydrogens is 554 g/mol. The molecule has 1 aliphatic carbocycles. The molecule has 1 unspecified atom stereocenters. The van der Waals surface area contributed by atoms with Crippen molar-refractivity contribution in [2.24, 2.45) is 7.05 Å². The number of fused-ring (bicyclic) bond motifs is 1. The highest BCUT2D eigenvalue weighted by Gasteiger charge is 2.44. The van der Waals surface area contributed by atoms with E-state index in [4.69, 9.17) is 9.84 Å². The molecule has 7 rings (SSSR count). The number of piperidine rings is 1. The second kappa shape index (κ2) is 11.0. The number of urea groups is 1. The molecule has 232 valence electrons. The van der Waals surface area contributed by atoms with Crippen LogP contribution in [0.15, 0.2) is 35.3 Å². The first-order valence-electron chi connectivity index (χ1n) is 15.6. The van der Waals surface area contributed by atoms with Crippen LogP contribution in [0.25, 0.3) is 0 Å². The van der Waals surface area contributed by atoms with Crippen LogP contribution in [0.4, 0.5) is 19.4 Å². The van der Waals surface area contributed by atoms with E-state index in [1.807, 2.05) is 25.1 Å². The number of ether oxygens (including phenoxy) is 1. The molecule has 0 aromatic carbocycles. The lowest BCUT2D eigenvalue weighted by Crippen LogP contribution is -2.52. The third kappa shape index (κ3) is 4.86. The third-order valence-corrected chi connectivity index (χ3v) is 10.4. The van der Waals surface area contributed by atoms with Crippen LogP contribution in [0, 0.1) is 0 Å². The Kier molecular flexibility index (Phi) is 7.32. The number of alkyl halides is 2. The van der Waals surface area contributed by atoms with E-state index in [0.29, 0.717) is 32.1 Å². The third-order valence-electron chi connectivity index (χ3n) is 10.4. The molecule has 2 amide bonds. The summed E-state index contributed by atoms with van der Waals surface area (Å²) in [4.78, 5) is 19.2. The molecule has 0 spiro atoms. The first kappa shape index (κ1) is 28.5. The van der Waals surface area contributed by atoms with E-state index >= 15 is 0 Å². The maximum absolute atomic E-state index is 14.8. The largest absolute Gasteiger partial charge is 0.378 e. The van der Waals surface area contributed by atoms with E-state index in [1.165, 1.54) is 11.3 Å². The fourth-order valence-corrected chi connectivity index (χ4v) is 7.79. The van der Waals surface area contributed by atoms with Gasteiger partial charge in [0.15, 0.2) is 5.82 Å². The predicted octanol–water partition coefficient (Wildman–Crippen LogP) is 3.76. The Labute approximate surface area is 251 Å². The number of likely N-dealkylation sites (tertiary alicyclic amines) is 1. The maximum atomic E-state index is 14.8. The van der Waals surface area contributed by atoms with Gasteiger partial charge in [-0.1, -0.05) is 6.92 Å². The van der Waals surface area contributed by atoms with E-state index in [9.17, 15) is 13.6 Å². The van der Waals surface area contributed by atoms with Crippen molar-refractivity contribution in [2.75, 3.05) is 51.3 Å². The van der Waals surface area contributed by atoms with Crippen LogP contribution in [0.5, 0.6) is 0 Å². The molecule has 6 heterocycles. The summed E-state index contributed by atoms with van der Waals surface area (Å²) < 4.78 is 38.9. The van der Waals surface area contributed by atoms with Gasteiger partial charge in [-0.2, -0.15) is 10.2 Å². The van der Waals surface area contributed by atoms with Gasteiger partial charge in [-0.25, -0.2) is 13.6 Å². The quantitative estimate of drug-likeness (QED) is 0.566. The summed E-state index contributed by atoms with van der Waals surface area (Å²) in [6.07, 6.45) is 7.78. The number of anilines is 1. The van der Waals surface area contributed by atoms with E-state index in [1.54, 1.807) is 24.0 Å². The molecule has 43 heavy (non-hydrogen) atoms. The van der Waals surface area contributed by atoms with Gasteiger partial charge < -0.3 is 19.9 Å². The van der Waals surface area contributed by atoms with Gasteiger partial charge >= 0.3 is 6.03 Å². The zero-order chi connectivity index (χ0) is 29.9. The molecule has 2 aromatic heterocycles. The Hall–Kier alpha value is -3.25. The highest BCUT2D eigenvalue weighted by Crippen LogP contribution is 2.49. The molecule has 2 aromatic rings. The minimum atomic E-state index is -2.59. The molecular formula is C31H42F2N8O2. The summed E-state index contributed by atoms with van der Waals surface area (Å²) in [7, 11) is 3.48. The Bertz CT molecular complexity index is 1450. The molecule has 1 atom stereocenters. The predicted molar refractivity (Wildman–Crippen MR) is 158 cm³/mol. The minimum absolute atomic E-state index is 0.108. The van der Waals surface area contributed by atoms with E-state index in [2.05, 4.69) is 24.9 Å². The lowest BCUT2D eigenvalue weighted by molar-refractivity contribution is -0.0735. The Morgan fingerprint density at radius 1 is 1.14 bits per heavy atom. The van der Waals surface area contributed by atoms with Crippen molar-refractivity contribution >= 4 is 11.8 Å². The number of rotatable bonds is 5. The topological polar surface area (TPSA) is 83.7 Å². The van der Waals surface area contributed by atoms with Gasteiger partial charge in [0.05, 0.1) is 38.0 Å². The number of aromatic nitrogens is 4. The highest BCUT2D eigenvalue weighted by molar-refractivity contribution is 5.75. The second-order valence-electron chi connectivity index (χ2n) is 12.9. The number of allylic oxidation sites excluding steroid dienone is 3. The monoisotopic (exact) mass is 596 g/mol. The average molecular weight is 597 g/mol. The van der Waals surface area contributed by atoms with Crippen molar-refractivity contribution in [3.05, 3.63) is 52.1 Å². The van der Waals surface area contributed by atoms with Gasteiger partial charge in [0.2, 0.25) is 0 Å². The molecule has 0 radical (unpaired) electrons. The molecule has 1 N–H and O–H groups in total. The maximum Gasteiger partial charge on any atom is 0.317 e. The number of hydrogen-bond donors (Lipinski definition) is 1. The van der Waals surface area contributed by atoms with Crippen LogP contribution in [-0.4, -0.2) is 94.3 Å². The first-order chi connectivity index (χ1) is 20.8. The van der Waals surface area contributed by atoms with Crippen LogP contribution in [0.1, 0.15) is 61.9 Å². The number of carbonyl (C=O) groups excluding carboxylic acids is 1. The van der Waals surface area contributed by atoms with Crippen molar-refractivity contribution in [3.8, 4) is 0 Å². The fourth-order valence-electron chi connectivity index (χ4n) is 7.79. The number of nitrogens with one attached hydrogen (secondary N) is 1. The zero-order valence-corrected chi connectivity index (χ0v) is 25.4. The van der Waals surface area contributed by atoms with Crippen molar-refractivity contribution in [1.82, 2.24) is 34.7 Å².